The summed E-state index contributed by atoms with van der Waals surface area (Å²) < 4.78 is 0. The fraction of sp³-hybridized carbons (Fsp3) is 0.259. The highest BCUT2D eigenvalue weighted by Gasteiger charge is 2.30. The van der Waals surface area contributed by atoms with Gasteiger partial charge in [0.05, 0.1) is 0 Å². The number of allylic oxidation sites excluding steroid dienone is 1. The van der Waals surface area contributed by atoms with Gasteiger partial charge in [-0.25, -0.2) is 0 Å². The summed E-state index contributed by atoms with van der Waals surface area (Å²) in [6.07, 6.45) is 4.83. The first-order valence-corrected chi connectivity index (χ1v) is 10.1. The van der Waals surface area contributed by atoms with Crippen molar-refractivity contribution in [1.29, 1.82) is 0 Å². The Bertz CT molecular complexity index is 1020. The molecule has 0 fully saturated rings. The first kappa shape index (κ1) is 16.6. The molecule has 2 aliphatic rings. The van der Waals surface area contributed by atoms with E-state index in [2.05, 4.69) is 87.5 Å². The summed E-state index contributed by atoms with van der Waals surface area (Å²) in [5, 5.41) is 0. The minimum Gasteiger partial charge on any atom is -0.0652 e. The van der Waals surface area contributed by atoms with Crippen LogP contribution in [0.15, 0.2) is 66.2 Å². The molecule has 0 radical (unpaired) electrons. The molecule has 1 atom stereocenters. The molecule has 0 saturated carbocycles. The third kappa shape index (κ3) is 2.58. The molecule has 0 heterocycles. The van der Waals surface area contributed by atoms with Gasteiger partial charge in [0.1, 0.15) is 0 Å². The van der Waals surface area contributed by atoms with Crippen LogP contribution in [0, 0.1) is 13.8 Å². The maximum Gasteiger partial charge on any atom is 0.0102 e. The van der Waals surface area contributed by atoms with Gasteiger partial charge in [-0.1, -0.05) is 77.9 Å². The lowest BCUT2D eigenvalue weighted by Crippen LogP contribution is -2.04. The first-order valence-electron chi connectivity index (χ1n) is 10.1. The second kappa shape index (κ2) is 6.23. The van der Waals surface area contributed by atoms with E-state index < -0.39 is 0 Å². The van der Waals surface area contributed by atoms with Crippen LogP contribution in [0.2, 0.25) is 0 Å². The number of rotatable bonds is 3. The standard InChI is InChI=1S/C27H26/c1-17-14-19(3)27-20(15-17)16-18(2)21(27)12-13-26-24-10-6-4-8-22(24)23-9-5-7-11-25(23)26/h4-11,14-16,21,26H,12-13H2,1-3H3. The Labute approximate surface area is 162 Å². The van der Waals surface area contributed by atoms with E-state index in [4.69, 9.17) is 0 Å². The summed E-state index contributed by atoms with van der Waals surface area (Å²) in [7, 11) is 0. The van der Waals surface area contributed by atoms with Gasteiger partial charge in [-0.3, -0.25) is 0 Å². The number of hydrogen-bond acceptors (Lipinski definition) is 0. The van der Waals surface area contributed by atoms with Crippen LogP contribution in [0.5, 0.6) is 0 Å². The largest absolute Gasteiger partial charge is 0.0652 e. The van der Waals surface area contributed by atoms with Crippen molar-refractivity contribution in [3.05, 3.63) is 99.6 Å². The van der Waals surface area contributed by atoms with Gasteiger partial charge in [-0.15, -0.1) is 0 Å². The van der Waals surface area contributed by atoms with Crippen molar-refractivity contribution in [1.82, 2.24) is 0 Å². The predicted octanol–water partition coefficient (Wildman–Crippen LogP) is 7.40. The summed E-state index contributed by atoms with van der Waals surface area (Å²) in [5.41, 5.74) is 13.3. The maximum atomic E-state index is 2.41. The predicted molar refractivity (Wildman–Crippen MR) is 115 cm³/mol. The average molecular weight is 351 g/mol. The monoisotopic (exact) mass is 350 g/mol. The number of aryl methyl sites for hydroxylation is 2. The van der Waals surface area contributed by atoms with Gasteiger partial charge < -0.3 is 0 Å². The molecule has 0 heteroatoms. The zero-order valence-corrected chi connectivity index (χ0v) is 16.4. The van der Waals surface area contributed by atoms with Crippen LogP contribution in [-0.2, 0) is 0 Å². The highest BCUT2D eigenvalue weighted by molar-refractivity contribution is 5.78. The molecule has 1 unspecified atom stereocenters. The highest BCUT2D eigenvalue weighted by atomic mass is 14.3. The molecule has 2 aliphatic carbocycles. The molecule has 0 aromatic heterocycles. The number of hydrogen-bond donors (Lipinski definition) is 0. The summed E-state index contributed by atoms with van der Waals surface area (Å²) in [6, 6.07) is 22.7. The molecule has 0 N–H and O–H groups in total. The fourth-order valence-corrected chi connectivity index (χ4v) is 5.46. The molecule has 0 nitrogen and oxygen atoms in total. The van der Waals surface area contributed by atoms with Crippen molar-refractivity contribution in [2.24, 2.45) is 0 Å². The molecular formula is C27H26. The third-order valence-electron chi connectivity index (χ3n) is 6.55. The van der Waals surface area contributed by atoms with E-state index >= 15 is 0 Å². The minimum absolute atomic E-state index is 0.528. The van der Waals surface area contributed by atoms with E-state index in [9.17, 15) is 0 Å². The topological polar surface area (TPSA) is 0 Å². The van der Waals surface area contributed by atoms with Crippen molar-refractivity contribution in [2.75, 3.05) is 0 Å². The Morgan fingerprint density at radius 3 is 1.96 bits per heavy atom. The van der Waals surface area contributed by atoms with Crippen LogP contribution in [0.3, 0.4) is 0 Å². The van der Waals surface area contributed by atoms with Crippen LogP contribution < -0.4 is 0 Å². The first-order chi connectivity index (χ1) is 13.1. The Kier molecular flexibility index (Phi) is 3.82. The van der Waals surface area contributed by atoms with Crippen LogP contribution in [0.4, 0.5) is 0 Å². The van der Waals surface area contributed by atoms with Crippen LogP contribution in [0.25, 0.3) is 17.2 Å². The average Bonchev–Trinajstić information content (AvgIpc) is 3.14. The van der Waals surface area contributed by atoms with Gasteiger partial charge in [0.2, 0.25) is 0 Å². The van der Waals surface area contributed by atoms with Crippen LogP contribution in [-0.4, -0.2) is 0 Å². The van der Waals surface area contributed by atoms with Crippen molar-refractivity contribution in [3.8, 4) is 11.1 Å². The zero-order valence-electron chi connectivity index (χ0n) is 16.4. The summed E-state index contributed by atoms with van der Waals surface area (Å²) in [6.45, 7) is 6.80. The van der Waals surface area contributed by atoms with E-state index in [-0.39, 0.29) is 0 Å². The van der Waals surface area contributed by atoms with Gasteiger partial charge in [0, 0.05) is 11.8 Å². The molecule has 134 valence electrons. The maximum absolute atomic E-state index is 2.41. The lowest BCUT2D eigenvalue weighted by Gasteiger charge is -2.21. The quantitative estimate of drug-likeness (QED) is 0.462. The van der Waals surface area contributed by atoms with Crippen molar-refractivity contribution in [3.63, 3.8) is 0 Å². The van der Waals surface area contributed by atoms with Crippen molar-refractivity contribution < 1.29 is 0 Å². The Balaban J connectivity index is 1.48. The van der Waals surface area contributed by atoms with Gasteiger partial charge >= 0.3 is 0 Å². The van der Waals surface area contributed by atoms with Gasteiger partial charge in [0.15, 0.2) is 0 Å². The Morgan fingerprint density at radius 1 is 0.704 bits per heavy atom. The van der Waals surface area contributed by atoms with E-state index in [1.54, 1.807) is 5.56 Å². The Hall–Kier alpha value is -2.60. The molecular weight excluding hydrogens is 324 g/mol. The third-order valence-corrected chi connectivity index (χ3v) is 6.55. The van der Waals surface area contributed by atoms with E-state index in [0.29, 0.717) is 11.8 Å². The van der Waals surface area contributed by atoms with Gasteiger partial charge in [0.25, 0.3) is 0 Å². The smallest absolute Gasteiger partial charge is 0.0102 e. The van der Waals surface area contributed by atoms with Gasteiger partial charge in [-0.05, 0) is 72.6 Å². The lowest BCUT2D eigenvalue weighted by atomic mass is 9.83. The van der Waals surface area contributed by atoms with E-state index in [1.807, 2.05) is 0 Å². The van der Waals surface area contributed by atoms with Crippen molar-refractivity contribution in [2.45, 2.75) is 45.4 Å². The van der Waals surface area contributed by atoms with Gasteiger partial charge in [-0.2, -0.15) is 0 Å². The Morgan fingerprint density at radius 2 is 1.30 bits per heavy atom. The zero-order chi connectivity index (χ0) is 18.5. The second-order valence-electron chi connectivity index (χ2n) is 8.33. The van der Waals surface area contributed by atoms with E-state index in [1.165, 1.54) is 57.4 Å². The van der Waals surface area contributed by atoms with Crippen LogP contribution >= 0.6 is 0 Å². The molecule has 27 heavy (non-hydrogen) atoms. The second-order valence-corrected chi connectivity index (χ2v) is 8.33. The normalized spacial score (nSPS) is 17.4. The molecule has 0 aliphatic heterocycles. The number of fused-ring (bicyclic) bond motifs is 4. The molecule has 0 saturated heterocycles. The fourth-order valence-electron chi connectivity index (χ4n) is 5.46. The molecule has 0 amide bonds. The van der Waals surface area contributed by atoms with Crippen molar-refractivity contribution >= 4 is 6.08 Å². The summed E-state index contributed by atoms with van der Waals surface area (Å²) >= 11 is 0. The molecule has 3 aromatic carbocycles. The van der Waals surface area contributed by atoms with E-state index in [0.717, 1.165) is 0 Å². The molecule has 5 rings (SSSR count). The SMILES string of the molecule is CC1=Cc2cc(C)cc(C)c2C1CCC1c2ccccc2-c2ccccc21. The number of benzene rings is 3. The highest BCUT2D eigenvalue weighted by Crippen LogP contribution is 2.49. The lowest BCUT2D eigenvalue weighted by molar-refractivity contribution is 0.616. The van der Waals surface area contributed by atoms with Crippen LogP contribution in [0.1, 0.15) is 65.0 Å². The molecule has 0 bridgehead atoms. The summed E-state index contributed by atoms with van der Waals surface area (Å²) in [5.74, 6) is 1.10. The summed E-state index contributed by atoms with van der Waals surface area (Å²) in [4.78, 5) is 0. The molecule has 0 spiro atoms. The minimum atomic E-state index is 0.528. The molecule has 3 aromatic rings.